The molecule has 2 rings (SSSR count). The van der Waals surface area contributed by atoms with Gasteiger partial charge in [-0.25, -0.2) is 4.39 Å². The van der Waals surface area contributed by atoms with Crippen LogP contribution in [-0.4, -0.2) is 29.2 Å². The van der Waals surface area contributed by atoms with E-state index >= 15 is 0 Å². The number of rotatable bonds is 4. The molecule has 0 atom stereocenters. The summed E-state index contributed by atoms with van der Waals surface area (Å²) in [6.07, 6.45) is 1.49. The van der Waals surface area contributed by atoms with Gasteiger partial charge in [0.15, 0.2) is 0 Å². The van der Waals surface area contributed by atoms with E-state index in [0.717, 1.165) is 0 Å². The van der Waals surface area contributed by atoms with Crippen LogP contribution in [-0.2, 0) is 0 Å². The average molecular weight is 248 g/mol. The molecule has 4 N–H and O–H groups in total. The van der Waals surface area contributed by atoms with Crippen LogP contribution < -0.4 is 11.1 Å². The van der Waals surface area contributed by atoms with E-state index in [2.05, 4.69) is 15.5 Å². The Labute approximate surface area is 103 Å². The van der Waals surface area contributed by atoms with Crippen LogP contribution in [0.5, 0.6) is 0 Å². The number of hydrogen-bond acceptors (Lipinski definition) is 3. The van der Waals surface area contributed by atoms with Gasteiger partial charge in [-0.05, 0) is 17.7 Å². The SMILES string of the molecule is NCCNC(=O)c1[nH]ncc1-c1cccc(F)c1. The molecular weight excluding hydrogens is 235 g/mol. The number of hydrogen-bond donors (Lipinski definition) is 3. The lowest BCUT2D eigenvalue weighted by atomic mass is 10.1. The van der Waals surface area contributed by atoms with Crippen LogP contribution in [0.4, 0.5) is 4.39 Å². The van der Waals surface area contributed by atoms with E-state index in [0.29, 0.717) is 29.9 Å². The van der Waals surface area contributed by atoms with E-state index in [1.54, 1.807) is 12.1 Å². The Morgan fingerprint density at radius 2 is 2.33 bits per heavy atom. The van der Waals surface area contributed by atoms with Gasteiger partial charge >= 0.3 is 0 Å². The Morgan fingerprint density at radius 3 is 3.06 bits per heavy atom. The van der Waals surface area contributed by atoms with Crippen LogP contribution in [0.1, 0.15) is 10.5 Å². The van der Waals surface area contributed by atoms with Gasteiger partial charge in [0, 0.05) is 18.7 Å². The van der Waals surface area contributed by atoms with Crippen LogP contribution in [0.2, 0.25) is 0 Å². The lowest BCUT2D eigenvalue weighted by Gasteiger charge is -2.04. The molecule has 0 aliphatic rings. The fraction of sp³-hybridized carbons (Fsp3) is 0.167. The van der Waals surface area contributed by atoms with Gasteiger partial charge in [-0.2, -0.15) is 5.10 Å². The number of benzene rings is 1. The predicted octanol–water partition coefficient (Wildman–Crippen LogP) is 0.904. The standard InChI is InChI=1S/C12H13FN4O/c13-9-3-1-2-8(6-9)10-7-16-17-11(10)12(18)15-5-4-14/h1-3,6-7H,4-5,14H2,(H,15,18)(H,16,17). The number of nitrogens with one attached hydrogen (secondary N) is 2. The van der Waals surface area contributed by atoms with E-state index < -0.39 is 0 Å². The number of aromatic amines is 1. The molecule has 0 fully saturated rings. The van der Waals surface area contributed by atoms with Gasteiger partial charge in [-0.15, -0.1) is 0 Å². The number of carbonyl (C=O) groups excluding carboxylic acids is 1. The van der Waals surface area contributed by atoms with Crippen LogP contribution in [0.15, 0.2) is 30.5 Å². The highest BCUT2D eigenvalue weighted by atomic mass is 19.1. The molecule has 0 bridgehead atoms. The number of amides is 1. The number of nitrogens with two attached hydrogens (primary N) is 1. The van der Waals surface area contributed by atoms with Crippen molar-refractivity contribution in [3.8, 4) is 11.1 Å². The van der Waals surface area contributed by atoms with Crippen LogP contribution in [0.3, 0.4) is 0 Å². The third-order valence-corrected chi connectivity index (χ3v) is 2.43. The van der Waals surface area contributed by atoms with Crippen molar-refractivity contribution in [2.45, 2.75) is 0 Å². The fourth-order valence-electron chi connectivity index (χ4n) is 1.61. The zero-order valence-electron chi connectivity index (χ0n) is 9.61. The molecule has 1 heterocycles. The van der Waals surface area contributed by atoms with Gasteiger partial charge < -0.3 is 11.1 Å². The highest BCUT2D eigenvalue weighted by Crippen LogP contribution is 2.22. The molecule has 1 aromatic heterocycles. The Morgan fingerprint density at radius 1 is 1.50 bits per heavy atom. The van der Waals surface area contributed by atoms with Gasteiger partial charge in [0.2, 0.25) is 0 Å². The first-order valence-electron chi connectivity index (χ1n) is 5.50. The normalized spacial score (nSPS) is 10.3. The maximum atomic E-state index is 13.1. The third kappa shape index (κ3) is 2.54. The topological polar surface area (TPSA) is 83.8 Å². The summed E-state index contributed by atoms with van der Waals surface area (Å²) in [6.45, 7) is 0.732. The maximum Gasteiger partial charge on any atom is 0.269 e. The van der Waals surface area contributed by atoms with Crippen LogP contribution >= 0.6 is 0 Å². The van der Waals surface area contributed by atoms with Gasteiger partial charge in [0.1, 0.15) is 11.5 Å². The highest BCUT2D eigenvalue weighted by Gasteiger charge is 2.14. The van der Waals surface area contributed by atoms with Gasteiger partial charge in [0.05, 0.1) is 6.20 Å². The van der Waals surface area contributed by atoms with Crippen molar-refractivity contribution in [3.05, 3.63) is 42.0 Å². The first kappa shape index (κ1) is 12.3. The molecule has 1 aromatic carbocycles. The summed E-state index contributed by atoms with van der Waals surface area (Å²) in [4.78, 5) is 11.8. The zero-order chi connectivity index (χ0) is 13.0. The number of halogens is 1. The second-order valence-electron chi connectivity index (χ2n) is 3.71. The molecule has 0 unspecified atom stereocenters. The summed E-state index contributed by atoms with van der Waals surface area (Å²) in [5, 5.41) is 9.06. The van der Waals surface area contributed by atoms with Crippen molar-refractivity contribution in [1.29, 1.82) is 0 Å². The molecule has 0 saturated heterocycles. The Balaban J connectivity index is 2.30. The Kier molecular flexibility index (Phi) is 3.69. The summed E-state index contributed by atoms with van der Waals surface area (Å²) in [5.41, 5.74) is 6.77. The minimum absolute atomic E-state index is 0.300. The summed E-state index contributed by atoms with van der Waals surface area (Å²) < 4.78 is 13.1. The first-order chi connectivity index (χ1) is 8.72. The molecule has 0 aliphatic carbocycles. The quantitative estimate of drug-likeness (QED) is 0.751. The average Bonchev–Trinajstić information content (AvgIpc) is 2.85. The molecule has 2 aromatic rings. The maximum absolute atomic E-state index is 13.1. The van der Waals surface area contributed by atoms with Crippen molar-refractivity contribution in [2.75, 3.05) is 13.1 Å². The van der Waals surface area contributed by atoms with Crippen molar-refractivity contribution < 1.29 is 9.18 Å². The van der Waals surface area contributed by atoms with Crippen molar-refractivity contribution in [2.24, 2.45) is 5.73 Å². The number of H-pyrrole nitrogens is 1. The first-order valence-corrected chi connectivity index (χ1v) is 5.50. The minimum Gasteiger partial charge on any atom is -0.349 e. The van der Waals surface area contributed by atoms with Crippen LogP contribution in [0.25, 0.3) is 11.1 Å². The summed E-state index contributed by atoms with van der Waals surface area (Å²) >= 11 is 0. The Bertz CT molecular complexity index is 553. The smallest absolute Gasteiger partial charge is 0.269 e. The van der Waals surface area contributed by atoms with E-state index in [1.807, 2.05) is 0 Å². The van der Waals surface area contributed by atoms with Gasteiger partial charge in [-0.3, -0.25) is 9.89 Å². The number of carbonyl (C=O) groups is 1. The lowest BCUT2D eigenvalue weighted by Crippen LogP contribution is -2.29. The molecule has 0 spiro atoms. The lowest BCUT2D eigenvalue weighted by molar-refractivity contribution is 0.0950. The number of aromatic nitrogens is 2. The molecular formula is C12H13FN4O. The molecule has 5 nitrogen and oxygen atoms in total. The largest absolute Gasteiger partial charge is 0.349 e. The van der Waals surface area contributed by atoms with E-state index in [-0.39, 0.29) is 11.7 Å². The van der Waals surface area contributed by atoms with Crippen molar-refractivity contribution in [3.63, 3.8) is 0 Å². The van der Waals surface area contributed by atoms with Gasteiger partial charge in [-0.1, -0.05) is 12.1 Å². The molecule has 1 amide bonds. The summed E-state index contributed by atoms with van der Waals surface area (Å²) in [7, 11) is 0. The molecule has 0 saturated carbocycles. The second-order valence-corrected chi connectivity index (χ2v) is 3.71. The van der Waals surface area contributed by atoms with Crippen molar-refractivity contribution >= 4 is 5.91 Å². The molecule has 0 aliphatic heterocycles. The summed E-state index contributed by atoms with van der Waals surface area (Å²) in [6, 6.07) is 6.00. The van der Waals surface area contributed by atoms with E-state index in [9.17, 15) is 9.18 Å². The Hall–Kier alpha value is -2.21. The zero-order valence-corrected chi connectivity index (χ0v) is 9.61. The predicted molar refractivity (Wildman–Crippen MR) is 65.4 cm³/mol. The van der Waals surface area contributed by atoms with Crippen molar-refractivity contribution in [1.82, 2.24) is 15.5 Å². The molecule has 94 valence electrons. The fourth-order valence-corrected chi connectivity index (χ4v) is 1.61. The monoisotopic (exact) mass is 248 g/mol. The van der Waals surface area contributed by atoms with E-state index in [1.165, 1.54) is 18.3 Å². The second kappa shape index (κ2) is 5.42. The highest BCUT2D eigenvalue weighted by molar-refractivity contribution is 5.98. The minimum atomic E-state index is -0.359. The van der Waals surface area contributed by atoms with E-state index in [4.69, 9.17) is 5.73 Å². The third-order valence-electron chi connectivity index (χ3n) is 2.43. The van der Waals surface area contributed by atoms with Crippen LogP contribution in [0, 0.1) is 5.82 Å². The molecule has 6 heteroatoms. The molecule has 0 radical (unpaired) electrons. The summed E-state index contributed by atoms with van der Waals surface area (Å²) in [5.74, 6) is -0.667. The molecule has 18 heavy (non-hydrogen) atoms. The number of nitrogens with zero attached hydrogens (tertiary/aromatic N) is 1. The van der Waals surface area contributed by atoms with Gasteiger partial charge in [0.25, 0.3) is 5.91 Å².